The summed E-state index contributed by atoms with van der Waals surface area (Å²) in [6.07, 6.45) is 3.95. The van der Waals surface area contributed by atoms with E-state index in [1.807, 2.05) is 12.1 Å². The summed E-state index contributed by atoms with van der Waals surface area (Å²) in [6, 6.07) is 6.14. The van der Waals surface area contributed by atoms with E-state index in [0.717, 1.165) is 31.3 Å². The van der Waals surface area contributed by atoms with Crippen LogP contribution in [0.15, 0.2) is 18.2 Å². The number of rotatable bonds is 2. The van der Waals surface area contributed by atoms with E-state index < -0.39 is 0 Å². The van der Waals surface area contributed by atoms with E-state index in [1.54, 1.807) is 7.11 Å². The van der Waals surface area contributed by atoms with E-state index in [2.05, 4.69) is 6.07 Å². The molecule has 0 aromatic heterocycles. The molecule has 2 heteroatoms. The average Bonchev–Trinajstić information content (AvgIpc) is 2.27. The van der Waals surface area contributed by atoms with Crippen LogP contribution in [-0.4, -0.2) is 13.4 Å². The van der Waals surface area contributed by atoms with E-state index in [9.17, 15) is 4.79 Å². The minimum Gasteiger partial charge on any atom is -0.497 e. The average molecular weight is 190 g/mol. The van der Waals surface area contributed by atoms with Gasteiger partial charge in [0, 0.05) is 5.92 Å². The van der Waals surface area contributed by atoms with Crippen LogP contribution in [0.4, 0.5) is 0 Å². The van der Waals surface area contributed by atoms with Gasteiger partial charge in [-0.3, -0.25) is 0 Å². The van der Waals surface area contributed by atoms with Gasteiger partial charge in [0.2, 0.25) is 0 Å². The Morgan fingerprint density at radius 2 is 2.29 bits per heavy atom. The van der Waals surface area contributed by atoms with Gasteiger partial charge in [0.25, 0.3) is 0 Å². The third-order valence-corrected chi connectivity index (χ3v) is 2.87. The Bertz CT molecular complexity index is 344. The fourth-order valence-corrected chi connectivity index (χ4v) is 2.00. The van der Waals surface area contributed by atoms with E-state index in [4.69, 9.17) is 4.74 Å². The summed E-state index contributed by atoms with van der Waals surface area (Å²) in [5.41, 5.74) is 2.64. The monoisotopic (exact) mass is 190 g/mol. The van der Waals surface area contributed by atoms with Gasteiger partial charge >= 0.3 is 0 Å². The molecule has 0 bridgehead atoms. The molecule has 0 saturated heterocycles. The molecule has 0 aliphatic heterocycles. The first kappa shape index (κ1) is 9.25. The Kier molecular flexibility index (Phi) is 2.53. The molecule has 0 spiro atoms. The van der Waals surface area contributed by atoms with Gasteiger partial charge in [-0.25, -0.2) is 0 Å². The second-order valence-corrected chi connectivity index (χ2v) is 3.77. The number of aldehydes is 1. The maximum atomic E-state index is 10.7. The largest absolute Gasteiger partial charge is 0.497 e. The second-order valence-electron chi connectivity index (χ2n) is 3.77. The lowest BCUT2D eigenvalue weighted by atomic mass is 9.85. The van der Waals surface area contributed by atoms with Crippen molar-refractivity contribution in [3.63, 3.8) is 0 Å². The molecule has 1 atom stereocenters. The SMILES string of the molecule is COc1ccc2c(c1)C[C@H](C=O)CC2. The molecule has 1 aromatic rings. The molecule has 2 nitrogen and oxygen atoms in total. The molecule has 74 valence electrons. The van der Waals surface area contributed by atoms with Gasteiger partial charge in [0.05, 0.1) is 7.11 Å². The van der Waals surface area contributed by atoms with Crippen LogP contribution in [0.3, 0.4) is 0 Å². The standard InChI is InChI=1S/C12H14O2/c1-14-12-5-4-10-3-2-9(8-13)6-11(10)7-12/h4-5,7-9H,2-3,6H2,1H3/t9-/m1/s1. The number of benzene rings is 1. The summed E-state index contributed by atoms with van der Waals surface area (Å²) in [4.78, 5) is 10.7. The predicted molar refractivity (Wildman–Crippen MR) is 54.6 cm³/mol. The number of carbonyl (C=O) groups excluding carboxylic acids is 1. The van der Waals surface area contributed by atoms with Crippen LogP contribution in [0, 0.1) is 5.92 Å². The van der Waals surface area contributed by atoms with E-state index in [0.29, 0.717) is 0 Å². The molecular formula is C12H14O2. The van der Waals surface area contributed by atoms with Crippen LogP contribution in [0.2, 0.25) is 0 Å². The van der Waals surface area contributed by atoms with Crippen molar-refractivity contribution < 1.29 is 9.53 Å². The van der Waals surface area contributed by atoms with Gasteiger partial charge in [-0.15, -0.1) is 0 Å². The number of fused-ring (bicyclic) bond motifs is 1. The minimum absolute atomic E-state index is 0.203. The first-order chi connectivity index (χ1) is 6.83. The molecule has 0 heterocycles. The lowest BCUT2D eigenvalue weighted by molar-refractivity contribution is -0.111. The van der Waals surface area contributed by atoms with Crippen LogP contribution in [0.25, 0.3) is 0 Å². The second kappa shape index (κ2) is 3.82. The molecule has 0 saturated carbocycles. The van der Waals surface area contributed by atoms with Crippen molar-refractivity contribution in [3.8, 4) is 5.75 Å². The van der Waals surface area contributed by atoms with E-state index in [1.165, 1.54) is 11.1 Å². The maximum absolute atomic E-state index is 10.7. The van der Waals surface area contributed by atoms with Crippen LogP contribution in [0.5, 0.6) is 5.75 Å². The number of hydrogen-bond acceptors (Lipinski definition) is 2. The van der Waals surface area contributed by atoms with Gasteiger partial charge in [-0.05, 0) is 42.5 Å². The zero-order valence-corrected chi connectivity index (χ0v) is 8.32. The molecular weight excluding hydrogens is 176 g/mol. The molecule has 0 N–H and O–H groups in total. The van der Waals surface area contributed by atoms with Crippen molar-refractivity contribution in [2.75, 3.05) is 7.11 Å². The Morgan fingerprint density at radius 1 is 1.43 bits per heavy atom. The third-order valence-electron chi connectivity index (χ3n) is 2.87. The Labute approximate surface area is 83.9 Å². The molecule has 1 aromatic carbocycles. The van der Waals surface area contributed by atoms with Gasteiger partial charge in [-0.2, -0.15) is 0 Å². The van der Waals surface area contributed by atoms with Crippen molar-refractivity contribution in [1.82, 2.24) is 0 Å². The topological polar surface area (TPSA) is 26.3 Å². The smallest absolute Gasteiger partial charge is 0.123 e. The first-order valence-corrected chi connectivity index (χ1v) is 4.94. The van der Waals surface area contributed by atoms with Crippen LogP contribution < -0.4 is 4.74 Å². The molecule has 1 aliphatic rings. The third kappa shape index (κ3) is 1.65. The lowest BCUT2D eigenvalue weighted by Crippen LogP contribution is -2.15. The number of ether oxygens (including phenoxy) is 1. The van der Waals surface area contributed by atoms with E-state index in [-0.39, 0.29) is 5.92 Å². The molecule has 14 heavy (non-hydrogen) atoms. The highest BCUT2D eigenvalue weighted by atomic mass is 16.5. The fraction of sp³-hybridized carbons (Fsp3) is 0.417. The predicted octanol–water partition coefficient (Wildman–Crippen LogP) is 2.00. The lowest BCUT2D eigenvalue weighted by Gasteiger charge is -2.20. The summed E-state index contributed by atoms with van der Waals surface area (Å²) >= 11 is 0. The zero-order valence-electron chi connectivity index (χ0n) is 8.32. The van der Waals surface area contributed by atoms with Crippen LogP contribution in [-0.2, 0) is 17.6 Å². The number of methoxy groups -OCH3 is 1. The van der Waals surface area contributed by atoms with Crippen molar-refractivity contribution in [3.05, 3.63) is 29.3 Å². The van der Waals surface area contributed by atoms with E-state index >= 15 is 0 Å². The molecule has 0 unspecified atom stereocenters. The van der Waals surface area contributed by atoms with Gasteiger partial charge in [0.15, 0.2) is 0 Å². The van der Waals surface area contributed by atoms with Crippen molar-refractivity contribution in [2.24, 2.45) is 5.92 Å². The highest BCUT2D eigenvalue weighted by Crippen LogP contribution is 2.27. The molecule has 0 radical (unpaired) electrons. The van der Waals surface area contributed by atoms with Crippen molar-refractivity contribution in [2.45, 2.75) is 19.3 Å². The molecule has 1 aliphatic carbocycles. The quantitative estimate of drug-likeness (QED) is 0.667. The maximum Gasteiger partial charge on any atom is 0.123 e. The van der Waals surface area contributed by atoms with Crippen LogP contribution >= 0.6 is 0 Å². The Hall–Kier alpha value is -1.31. The molecule has 0 amide bonds. The number of aryl methyl sites for hydroxylation is 1. The van der Waals surface area contributed by atoms with Crippen molar-refractivity contribution >= 4 is 6.29 Å². The molecule has 2 rings (SSSR count). The normalized spacial score (nSPS) is 19.9. The Balaban J connectivity index is 2.29. The van der Waals surface area contributed by atoms with Crippen molar-refractivity contribution in [1.29, 1.82) is 0 Å². The zero-order chi connectivity index (χ0) is 9.97. The summed E-state index contributed by atoms with van der Waals surface area (Å²) in [5.74, 6) is 1.09. The molecule has 0 fully saturated rings. The van der Waals surface area contributed by atoms with Gasteiger partial charge in [-0.1, -0.05) is 6.07 Å². The van der Waals surface area contributed by atoms with Crippen LogP contribution in [0.1, 0.15) is 17.5 Å². The Morgan fingerprint density at radius 3 is 3.00 bits per heavy atom. The first-order valence-electron chi connectivity index (χ1n) is 4.94. The fourth-order valence-electron chi connectivity index (χ4n) is 2.00. The minimum atomic E-state index is 0.203. The van der Waals surface area contributed by atoms with Gasteiger partial charge < -0.3 is 9.53 Å². The van der Waals surface area contributed by atoms with Gasteiger partial charge in [0.1, 0.15) is 12.0 Å². The summed E-state index contributed by atoms with van der Waals surface area (Å²) in [7, 11) is 1.67. The summed E-state index contributed by atoms with van der Waals surface area (Å²) in [6.45, 7) is 0. The number of hydrogen-bond donors (Lipinski definition) is 0. The summed E-state index contributed by atoms with van der Waals surface area (Å²) in [5, 5.41) is 0. The number of carbonyl (C=O) groups is 1. The summed E-state index contributed by atoms with van der Waals surface area (Å²) < 4.78 is 5.16. The highest BCUT2D eigenvalue weighted by molar-refractivity contribution is 5.56. The highest BCUT2D eigenvalue weighted by Gasteiger charge is 2.18.